The maximum Gasteiger partial charge on any atom is 0.226 e. The van der Waals surface area contributed by atoms with Crippen molar-refractivity contribution in [3.05, 3.63) is 58.9 Å². The SMILES string of the molecule is Cc1cc(N2CC3CCC(C2)C3Nc2nc(Cl)c3c(n2)N(c2ccc(F)cc2)CC3)ncn1. The predicted molar refractivity (Wildman–Crippen MR) is 127 cm³/mol. The monoisotopic (exact) mass is 465 g/mol. The molecule has 0 radical (unpaired) electrons. The third kappa shape index (κ3) is 3.76. The Bertz CT molecular complexity index is 1170. The molecule has 170 valence electrons. The number of nitrogens with zero attached hydrogens (tertiary/aromatic N) is 6. The van der Waals surface area contributed by atoms with Crippen molar-refractivity contribution >= 4 is 34.9 Å². The second-order valence-corrected chi connectivity index (χ2v) is 9.57. The summed E-state index contributed by atoms with van der Waals surface area (Å²) in [6.07, 6.45) is 4.75. The Labute approximate surface area is 197 Å². The molecule has 3 aliphatic rings. The number of benzene rings is 1. The Kier molecular flexibility index (Phi) is 5.05. The molecule has 1 N–H and O–H groups in total. The van der Waals surface area contributed by atoms with Crippen LogP contribution in [0.1, 0.15) is 24.1 Å². The standard InChI is InChI=1S/C24H25ClFN7/c1-14-10-20(28-13-27-14)32-11-15-2-3-16(12-32)21(15)29-24-30-22(25)19-8-9-33(23(19)31-24)18-6-4-17(26)5-7-18/h4-7,10,13,15-16,21H,2-3,8-9,11-12H2,1H3,(H,29,30,31). The Morgan fingerprint density at radius 1 is 1.06 bits per heavy atom. The molecule has 9 heteroatoms. The first-order chi connectivity index (χ1) is 16.0. The van der Waals surface area contributed by atoms with Crippen molar-refractivity contribution in [1.82, 2.24) is 19.9 Å². The number of nitrogens with one attached hydrogen (secondary N) is 1. The van der Waals surface area contributed by atoms with E-state index in [0.717, 1.165) is 54.6 Å². The molecule has 6 rings (SSSR count). The molecule has 4 heterocycles. The number of rotatable bonds is 4. The van der Waals surface area contributed by atoms with Crippen LogP contribution in [0.5, 0.6) is 0 Å². The lowest BCUT2D eigenvalue weighted by atomic mass is 9.92. The summed E-state index contributed by atoms with van der Waals surface area (Å²) in [5.41, 5.74) is 2.84. The molecule has 1 aliphatic carbocycles. The molecule has 33 heavy (non-hydrogen) atoms. The largest absolute Gasteiger partial charge is 0.356 e. The zero-order valence-corrected chi connectivity index (χ0v) is 19.1. The van der Waals surface area contributed by atoms with Crippen molar-refractivity contribution in [2.45, 2.75) is 32.2 Å². The van der Waals surface area contributed by atoms with Gasteiger partial charge in [0.2, 0.25) is 5.95 Å². The van der Waals surface area contributed by atoms with Crippen LogP contribution in [0, 0.1) is 24.6 Å². The molecule has 2 unspecified atom stereocenters. The number of halogens is 2. The molecule has 2 bridgehead atoms. The predicted octanol–water partition coefficient (Wildman–Crippen LogP) is 4.39. The first-order valence-electron chi connectivity index (χ1n) is 11.4. The molecule has 1 aromatic carbocycles. The molecule has 3 aromatic rings. The van der Waals surface area contributed by atoms with E-state index in [1.165, 1.54) is 25.0 Å². The van der Waals surface area contributed by atoms with E-state index in [4.69, 9.17) is 16.6 Å². The Morgan fingerprint density at radius 3 is 2.55 bits per heavy atom. The van der Waals surface area contributed by atoms with Crippen LogP contribution in [0.2, 0.25) is 5.15 Å². The molecule has 7 nitrogen and oxygen atoms in total. The van der Waals surface area contributed by atoms with E-state index < -0.39 is 0 Å². The van der Waals surface area contributed by atoms with Crippen LogP contribution >= 0.6 is 11.6 Å². The van der Waals surface area contributed by atoms with Gasteiger partial charge in [-0.1, -0.05) is 11.6 Å². The van der Waals surface area contributed by atoms with Crippen molar-refractivity contribution in [2.24, 2.45) is 11.8 Å². The van der Waals surface area contributed by atoms with Crippen molar-refractivity contribution in [3.63, 3.8) is 0 Å². The molecule has 2 fully saturated rings. The van der Waals surface area contributed by atoms with Gasteiger partial charge in [0, 0.05) is 48.7 Å². The van der Waals surface area contributed by atoms with Gasteiger partial charge in [-0.05, 0) is 62.3 Å². The van der Waals surface area contributed by atoms with Gasteiger partial charge in [-0.25, -0.2) is 19.3 Å². The molecule has 2 aromatic heterocycles. The van der Waals surface area contributed by atoms with Gasteiger partial charge < -0.3 is 15.1 Å². The van der Waals surface area contributed by atoms with Crippen LogP contribution in [0.15, 0.2) is 36.7 Å². The van der Waals surface area contributed by atoms with Crippen molar-refractivity contribution < 1.29 is 4.39 Å². The van der Waals surface area contributed by atoms with Crippen LogP contribution in [-0.2, 0) is 6.42 Å². The molecule has 0 amide bonds. The fourth-order valence-electron chi connectivity index (χ4n) is 5.56. The first-order valence-corrected chi connectivity index (χ1v) is 11.8. The smallest absolute Gasteiger partial charge is 0.226 e. The third-order valence-corrected chi connectivity index (χ3v) is 7.47. The molecule has 2 atom stereocenters. The van der Waals surface area contributed by atoms with Gasteiger partial charge in [0.15, 0.2) is 0 Å². The Hall–Kier alpha value is -3.00. The van der Waals surface area contributed by atoms with Gasteiger partial charge in [-0.3, -0.25) is 0 Å². The Morgan fingerprint density at radius 2 is 1.82 bits per heavy atom. The zero-order chi connectivity index (χ0) is 22.5. The first kappa shape index (κ1) is 20.6. The Balaban J connectivity index is 1.23. The summed E-state index contributed by atoms with van der Waals surface area (Å²) in [4.78, 5) is 22.6. The van der Waals surface area contributed by atoms with Gasteiger partial charge in [0.05, 0.1) is 0 Å². The van der Waals surface area contributed by atoms with E-state index in [1.807, 2.05) is 6.92 Å². The molecular formula is C24H25ClFN7. The normalized spacial score (nSPS) is 23.7. The number of aromatic nitrogens is 4. The average Bonchev–Trinajstić information content (AvgIpc) is 3.31. The second kappa shape index (κ2) is 8.09. The maximum atomic E-state index is 13.4. The highest BCUT2D eigenvalue weighted by Crippen LogP contribution is 2.41. The molecule has 2 aliphatic heterocycles. The fraction of sp³-hybridized carbons (Fsp3) is 0.417. The minimum Gasteiger partial charge on any atom is -0.356 e. The van der Waals surface area contributed by atoms with Gasteiger partial charge in [0.25, 0.3) is 0 Å². The lowest BCUT2D eigenvalue weighted by Crippen LogP contribution is -2.48. The van der Waals surface area contributed by atoms with E-state index in [1.54, 1.807) is 18.5 Å². The van der Waals surface area contributed by atoms with Crippen LogP contribution in [0.25, 0.3) is 0 Å². The zero-order valence-electron chi connectivity index (χ0n) is 18.4. The van der Waals surface area contributed by atoms with Crippen molar-refractivity contribution in [2.75, 3.05) is 34.8 Å². The summed E-state index contributed by atoms with van der Waals surface area (Å²) >= 11 is 6.58. The highest BCUT2D eigenvalue weighted by molar-refractivity contribution is 6.30. The third-order valence-electron chi connectivity index (χ3n) is 7.16. The van der Waals surface area contributed by atoms with E-state index in [-0.39, 0.29) is 5.82 Å². The summed E-state index contributed by atoms with van der Waals surface area (Å²) in [6, 6.07) is 8.86. The van der Waals surface area contributed by atoms with Crippen LogP contribution < -0.4 is 15.1 Å². The van der Waals surface area contributed by atoms with E-state index in [2.05, 4.69) is 36.1 Å². The lowest BCUT2D eigenvalue weighted by molar-refractivity contribution is 0.374. The number of anilines is 4. The summed E-state index contributed by atoms with van der Waals surface area (Å²) in [6.45, 7) is 4.65. The minimum absolute atomic E-state index is 0.250. The minimum atomic E-state index is -0.250. The fourth-order valence-corrected chi connectivity index (χ4v) is 5.82. The summed E-state index contributed by atoms with van der Waals surface area (Å²) in [7, 11) is 0. The maximum absolute atomic E-state index is 13.4. The molecular weight excluding hydrogens is 441 g/mol. The summed E-state index contributed by atoms with van der Waals surface area (Å²) < 4.78 is 13.4. The quantitative estimate of drug-likeness (QED) is 0.573. The topological polar surface area (TPSA) is 70.1 Å². The number of hydrogen-bond acceptors (Lipinski definition) is 7. The second-order valence-electron chi connectivity index (χ2n) is 9.21. The number of piperidine rings is 1. The van der Waals surface area contributed by atoms with Crippen LogP contribution in [0.4, 0.5) is 27.7 Å². The molecule has 1 saturated carbocycles. The summed E-state index contributed by atoms with van der Waals surface area (Å²) in [5, 5.41) is 4.12. The number of fused-ring (bicyclic) bond motifs is 3. The number of aryl methyl sites for hydroxylation is 1. The molecule has 0 spiro atoms. The molecule has 1 saturated heterocycles. The lowest BCUT2D eigenvalue weighted by Gasteiger charge is -2.39. The van der Waals surface area contributed by atoms with Crippen molar-refractivity contribution in [3.8, 4) is 0 Å². The average molecular weight is 466 g/mol. The van der Waals surface area contributed by atoms with Gasteiger partial charge in [-0.15, -0.1) is 0 Å². The van der Waals surface area contributed by atoms with E-state index in [0.29, 0.717) is 29.0 Å². The van der Waals surface area contributed by atoms with Gasteiger partial charge in [0.1, 0.15) is 28.9 Å². The van der Waals surface area contributed by atoms with Crippen LogP contribution in [-0.4, -0.2) is 45.6 Å². The van der Waals surface area contributed by atoms with Crippen molar-refractivity contribution in [1.29, 1.82) is 0 Å². The van der Waals surface area contributed by atoms with E-state index >= 15 is 0 Å². The summed E-state index contributed by atoms with van der Waals surface area (Å²) in [5.74, 6) is 3.11. The highest BCUT2D eigenvalue weighted by atomic mass is 35.5. The van der Waals surface area contributed by atoms with Gasteiger partial charge in [-0.2, -0.15) is 4.98 Å². The van der Waals surface area contributed by atoms with E-state index in [9.17, 15) is 4.39 Å². The number of hydrogen-bond donors (Lipinski definition) is 1. The van der Waals surface area contributed by atoms with Crippen LogP contribution in [0.3, 0.4) is 0 Å². The van der Waals surface area contributed by atoms with Gasteiger partial charge >= 0.3 is 0 Å². The highest BCUT2D eigenvalue weighted by Gasteiger charge is 2.43.